The number of carbonyl (C=O) groups excluding carboxylic acids is 1. The highest BCUT2D eigenvalue weighted by Gasteiger charge is 2.24. The molecular formula is C18H17N3O. The van der Waals surface area contributed by atoms with Crippen LogP contribution in [0.1, 0.15) is 11.1 Å². The van der Waals surface area contributed by atoms with Gasteiger partial charge in [-0.1, -0.05) is 24.3 Å². The second-order valence-corrected chi connectivity index (χ2v) is 5.78. The van der Waals surface area contributed by atoms with Crippen LogP contribution in [0.5, 0.6) is 0 Å². The molecule has 2 heterocycles. The Kier molecular flexibility index (Phi) is 2.96. The lowest BCUT2D eigenvalue weighted by atomic mass is 10.1. The van der Waals surface area contributed by atoms with Gasteiger partial charge < -0.3 is 9.47 Å². The zero-order chi connectivity index (χ0) is 15.1. The number of para-hydroxylation sites is 1. The Morgan fingerprint density at radius 1 is 1.23 bits per heavy atom. The average molecular weight is 291 g/mol. The summed E-state index contributed by atoms with van der Waals surface area (Å²) in [6.07, 6.45) is 3.16. The third-order valence-corrected chi connectivity index (χ3v) is 4.33. The van der Waals surface area contributed by atoms with Gasteiger partial charge in [0, 0.05) is 19.3 Å². The van der Waals surface area contributed by atoms with E-state index in [4.69, 9.17) is 0 Å². The number of benzene rings is 2. The molecule has 4 rings (SSSR count). The lowest BCUT2D eigenvalue weighted by molar-refractivity contribution is -0.117. The van der Waals surface area contributed by atoms with Crippen LogP contribution in [-0.4, -0.2) is 22.0 Å². The van der Waals surface area contributed by atoms with Gasteiger partial charge in [-0.3, -0.25) is 4.79 Å². The highest BCUT2D eigenvalue weighted by Crippen LogP contribution is 2.28. The largest absolute Gasteiger partial charge is 0.334 e. The Morgan fingerprint density at radius 2 is 2.09 bits per heavy atom. The van der Waals surface area contributed by atoms with E-state index < -0.39 is 0 Å². The van der Waals surface area contributed by atoms with Crippen LogP contribution in [-0.2, 0) is 24.7 Å². The Hall–Kier alpha value is -2.62. The minimum Gasteiger partial charge on any atom is -0.334 e. The van der Waals surface area contributed by atoms with Gasteiger partial charge in [-0.15, -0.1) is 0 Å². The predicted molar refractivity (Wildman–Crippen MR) is 86.9 cm³/mol. The van der Waals surface area contributed by atoms with Crippen molar-refractivity contribution in [2.24, 2.45) is 7.05 Å². The number of rotatable bonds is 2. The van der Waals surface area contributed by atoms with E-state index in [-0.39, 0.29) is 5.91 Å². The molecular weight excluding hydrogens is 274 g/mol. The molecule has 4 nitrogen and oxygen atoms in total. The van der Waals surface area contributed by atoms with Crippen LogP contribution in [0.3, 0.4) is 0 Å². The summed E-state index contributed by atoms with van der Waals surface area (Å²) in [5.74, 6) is 0.153. The highest BCUT2D eigenvalue weighted by atomic mass is 16.2. The minimum atomic E-state index is 0.153. The van der Waals surface area contributed by atoms with Crippen LogP contribution < -0.4 is 4.90 Å². The van der Waals surface area contributed by atoms with Gasteiger partial charge in [-0.2, -0.15) is 0 Å². The Balaban J connectivity index is 1.59. The number of amides is 1. The average Bonchev–Trinajstić information content (AvgIpc) is 3.11. The van der Waals surface area contributed by atoms with Crippen molar-refractivity contribution in [1.29, 1.82) is 0 Å². The number of aryl methyl sites for hydroxylation is 1. The summed E-state index contributed by atoms with van der Waals surface area (Å²) >= 11 is 0. The lowest BCUT2D eigenvalue weighted by Gasteiger charge is -2.17. The number of imidazole rings is 1. The molecule has 0 fully saturated rings. The Bertz CT molecular complexity index is 866. The lowest BCUT2D eigenvalue weighted by Crippen LogP contribution is -2.30. The molecule has 0 N–H and O–H groups in total. The van der Waals surface area contributed by atoms with Gasteiger partial charge in [0.15, 0.2) is 0 Å². The molecule has 1 aliphatic rings. The summed E-state index contributed by atoms with van der Waals surface area (Å²) in [5, 5.41) is 0. The quantitative estimate of drug-likeness (QED) is 0.728. The minimum absolute atomic E-state index is 0.153. The van der Waals surface area contributed by atoms with Crippen LogP contribution >= 0.6 is 0 Å². The van der Waals surface area contributed by atoms with E-state index in [9.17, 15) is 4.79 Å². The molecule has 2 aromatic carbocycles. The van der Waals surface area contributed by atoms with Gasteiger partial charge in [-0.25, -0.2) is 4.98 Å². The number of hydrogen-bond acceptors (Lipinski definition) is 2. The summed E-state index contributed by atoms with van der Waals surface area (Å²) < 4.78 is 1.98. The molecule has 0 spiro atoms. The molecule has 1 amide bonds. The van der Waals surface area contributed by atoms with Crippen LogP contribution in [0.25, 0.3) is 11.0 Å². The monoisotopic (exact) mass is 291 g/mol. The van der Waals surface area contributed by atoms with E-state index >= 15 is 0 Å². The Morgan fingerprint density at radius 3 is 3.00 bits per heavy atom. The van der Waals surface area contributed by atoms with Gasteiger partial charge in [0.05, 0.1) is 23.8 Å². The molecule has 1 aliphatic heterocycles. The molecule has 110 valence electrons. The molecule has 1 aromatic heterocycles. The second-order valence-electron chi connectivity index (χ2n) is 5.78. The van der Waals surface area contributed by atoms with E-state index in [1.165, 1.54) is 5.56 Å². The van der Waals surface area contributed by atoms with Crippen LogP contribution in [0.15, 0.2) is 48.8 Å². The fraction of sp³-hybridized carbons (Fsp3) is 0.222. The number of hydrogen-bond donors (Lipinski definition) is 0. The summed E-state index contributed by atoms with van der Waals surface area (Å²) in [7, 11) is 1.97. The molecule has 0 saturated carbocycles. The van der Waals surface area contributed by atoms with Crippen molar-refractivity contribution < 1.29 is 4.79 Å². The predicted octanol–water partition coefficient (Wildman–Crippen LogP) is 2.71. The number of fused-ring (bicyclic) bond motifs is 2. The summed E-state index contributed by atoms with van der Waals surface area (Å²) in [5.41, 5.74) is 5.36. The molecule has 0 radical (unpaired) electrons. The molecule has 22 heavy (non-hydrogen) atoms. The van der Waals surface area contributed by atoms with Crippen LogP contribution in [0.2, 0.25) is 0 Å². The molecule has 0 saturated heterocycles. The maximum absolute atomic E-state index is 12.6. The smallest absolute Gasteiger partial charge is 0.231 e. The zero-order valence-electron chi connectivity index (χ0n) is 12.5. The first-order chi connectivity index (χ1) is 10.7. The van der Waals surface area contributed by atoms with E-state index in [1.807, 2.05) is 52.9 Å². The van der Waals surface area contributed by atoms with Crippen molar-refractivity contribution in [3.05, 3.63) is 59.9 Å². The van der Waals surface area contributed by atoms with Gasteiger partial charge >= 0.3 is 0 Å². The molecule has 3 aromatic rings. The van der Waals surface area contributed by atoms with E-state index in [1.54, 1.807) is 6.33 Å². The fourth-order valence-electron chi connectivity index (χ4n) is 3.16. The van der Waals surface area contributed by atoms with Crippen molar-refractivity contribution in [2.75, 3.05) is 11.4 Å². The zero-order valence-corrected chi connectivity index (χ0v) is 12.5. The van der Waals surface area contributed by atoms with Gasteiger partial charge in [0.2, 0.25) is 5.91 Å². The normalized spacial score (nSPS) is 13.6. The molecule has 0 bridgehead atoms. The van der Waals surface area contributed by atoms with Crippen LogP contribution in [0.4, 0.5) is 5.69 Å². The van der Waals surface area contributed by atoms with Crippen molar-refractivity contribution in [3.8, 4) is 0 Å². The number of anilines is 1. The molecule has 0 unspecified atom stereocenters. The first-order valence-electron chi connectivity index (χ1n) is 7.50. The maximum Gasteiger partial charge on any atom is 0.231 e. The number of nitrogens with zero attached hydrogens (tertiary/aromatic N) is 3. The second kappa shape index (κ2) is 4.98. The number of carbonyl (C=O) groups is 1. The molecule has 0 atom stereocenters. The standard InChI is InChI=1S/C18H17N3O/c1-20-12-19-15-10-13(6-7-17(15)20)11-18(22)21-9-8-14-4-2-3-5-16(14)21/h2-7,10,12H,8-9,11H2,1H3. The van der Waals surface area contributed by atoms with Gasteiger partial charge in [0.25, 0.3) is 0 Å². The third-order valence-electron chi connectivity index (χ3n) is 4.33. The first kappa shape index (κ1) is 13.1. The maximum atomic E-state index is 12.6. The van der Waals surface area contributed by atoms with E-state index in [0.717, 1.165) is 35.2 Å². The van der Waals surface area contributed by atoms with Crippen molar-refractivity contribution in [1.82, 2.24) is 9.55 Å². The fourth-order valence-corrected chi connectivity index (χ4v) is 3.16. The molecule has 4 heteroatoms. The summed E-state index contributed by atoms with van der Waals surface area (Å²) in [6, 6.07) is 14.2. The number of aromatic nitrogens is 2. The Labute approximate surface area is 129 Å². The molecule has 0 aliphatic carbocycles. The van der Waals surface area contributed by atoms with Crippen LogP contribution in [0, 0.1) is 0 Å². The SMILES string of the molecule is Cn1cnc2cc(CC(=O)N3CCc4ccccc43)ccc21. The highest BCUT2D eigenvalue weighted by molar-refractivity contribution is 5.97. The van der Waals surface area contributed by atoms with Crippen molar-refractivity contribution >= 4 is 22.6 Å². The van der Waals surface area contributed by atoms with Crippen molar-refractivity contribution in [3.63, 3.8) is 0 Å². The van der Waals surface area contributed by atoms with Crippen molar-refractivity contribution in [2.45, 2.75) is 12.8 Å². The third kappa shape index (κ3) is 2.08. The van der Waals surface area contributed by atoms with Gasteiger partial charge in [-0.05, 0) is 35.7 Å². The summed E-state index contributed by atoms with van der Waals surface area (Å²) in [6.45, 7) is 0.782. The van der Waals surface area contributed by atoms with E-state index in [2.05, 4.69) is 11.1 Å². The first-order valence-corrected chi connectivity index (χ1v) is 7.50. The van der Waals surface area contributed by atoms with E-state index in [0.29, 0.717) is 6.42 Å². The summed E-state index contributed by atoms with van der Waals surface area (Å²) in [4.78, 5) is 18.9. The topological polar surface area (TPSA) is 38.1 Å². The van der Waals surface area contributed by atoms with Gasteiger partial charge in [0.1, 0.15) is 0 Å².